The van der Waals surface area contributed by atoms with Gasteiger partial charge in [-0.05, 0) is 34.9 Å². The van der Waals surface area contributed by atoms with Crippen LogP contribution >= 0.6 is 0 Å². The summed E-state index contributed by atoms with van der Waals surface area (Å²) in [4.78, 5) is 28.7. The van der Waals surface area contributed by atoms with Gasteiger partial charge in [-0.3, -0.25) is 9.78 Å². The fraction of sp³-hybridized carbons (Fsp3) is 0.240. The summed E-state index contributed by atoms with van der Waals surface area (Å²) in [7, 11) is 4.61. The van der Waals surface area contributed by atoms with Gasteiger partial charge in [0, 0.05) is 31.3 Å². The van der Waals surface area contributed by atoms with E-state index in [2.05, 4.69) is 15.6 Å². The summed E-state index contributed by atoms with van der Waals surface area (Å²) in [6.07, 6.45) is 3.35. The Bertz CT molecular complexity index is 1120. The minimum Gasteiger partial charge on any atom is -0.493 e. The average Bonchev–Trinajstić information content (AvgIpc) is 2.87. The maximum Gasteiger partial charge on any atom is 0.315 e. The number of anilines is 1. The molecule has 2 amide bonds. The van der Waals surface area contributed by atoms with Crippen LogP contribution in [0.3, 0.4) is 0 Å². The zero-order chi connectivity index (χ0) is 24.5. The number of carbonyl (C=O) groups is 2. The Hall–Kier alpha value is -4.27. The fourth-order valence-electron chi connectivity index (χ4n) is 3.34. The minimum absolute atomic E-state index is 0.0412. The number of hydrogen-bond acceptors (Lipinski definition) is 7. The number of ketones is 1. The molecule has 0 spiro atoms. The number of urea groups is 1. The van der Waals surface area contributed by atoms with E-state index in [1.54, 1.807) is 36.5 Å². The summed E-state index contributed by atoms with van der Waals surface area (Å²) in [5.41, 5.74) is 9.34. The van der Waals surface area contributed by atoms with Crippen molar-refractivity contribution in [2.24, 2.45) is 0 Å². The van der Waals surface area contributed by atoms with Crippen molar-refractivity contribution in [3.8, 4) is 17.2 Å². The topological polar surface area (TPSA) is 125 Å². The van der Waals surface area contributed by atoms with E-state index in [1.807, 2.05) is 12.1 Å². The number of benzene rings is 2. The van der Waals surface area contributed by atoms with Crippen molar-refractivity contribution >= 4 is 17.5 Å². The SMILES string of the molecule is COc1cc(CNC(=O)NCc2ccc(C(=O)Cc3ccncc3N)cc2)cc(OC)c1OC. The van der Waals surface area contributed by atoms with Crippen molar-refractivity contribution in [3.63, 3.8) is 0 Å². The molecular weight excluding hydrogens is 436 g/mol. The predicted molar refractivity (Wildman–Crippen MR) is 128 cm³/mol. The van der Waals surface area contributed by atoms with Crippen LogP contribution in [0.1, 0.15) is 27.0 Å². The molecule has 3 aromatic rings. The number of nitrogen functional groups attached to an aromatic ring is 1. The highest BCUT2D eigenvalue weighted by Crippen LogP contribution is 2.38. The molecule has 34 heavy (non-hydrogen) atoms. The standard InChI is InChI=1S/C25H28N4O5/c1-32-22-10-17(11-23(33-2)24(22)34-3)14-29-25(31)28-13-16-4-6-18(7-5-16)21(30)12-19-8-9-27-15-20(19)26/h4-11,15H,12-14,26H2,1-3H3,(H2,28,29,31). The van der Waals surface area contributed by atoms with Crippen molar-refractivity contribution in [2.75, 3.05) is 27.1 Å². The normalized spacial score (nSPS) is 10.3. The molecule has 0 aliphatic carbocycles. The van der Waals surface area contributed by atoms with E-state index >= 15 is 0 Å². The van der Waals surface area contributed by atoms with E-state index in [0.29, 0.717) is 35.0 Å². The van der Waals surface area contributed by atoms with Gasteiger partial charge in [0.15, 0.2) is 17.3 Å². The summed E-state index contributed by atoms with van der Waals surface area (Å²) in [5.74, 6) is 1.48. The van der Waals surface area contributed by atoms with E-state index in [-0.39, 0.29) is 24.8 Å². The number of aromatic nitrogens is 1. The molecule has 178 valence electrons. The fourth-order valence-corrected chi connectivity index (χ4v) is 3.34. The van der Waals surface area contributed by atoms with Gasteiger partial charge < -0.3 is 30.6 Å². The summed E-state index contributed by atoms with van der Waals surface area (Å²) in [5, 5.41) is 5.60. The zero-order valence-electron chi connectivity index (χ0n) is 19.4. The molecule has 0 saturated carbocycles. The number of nitrogens with two attached hydrogens (primary N) is 1. The van der Waals surface area contributed by atoms with Crippen LogP contribution in [0.2, 0.25) is 0 Å². The molecule has 1 heterocycles. The number of pyridine rings is 1. The second kappa shape index (κ2) is 11.6. The van der Waals surface area contributed by atoms with Crippen molar-refractivity contribution < 1.29 is 23.8 Å². The lowest BCUT2D eigenvalue weighted by molar-refractivity contribution is 0.0993. The second-order valence-corrected chi connectivity index (χ2v) is 7.44. The van der Waals surface area contributed by atoms with E-state index in [0.717, 1.165) is 16.7 Å². The molecule has 1 aromatic heterocycles. The van der Waals surface area contributed by atoms with Crippen LogP contribution in [-0.4, -0.2) is 38.1 Å². The van der Waals surface area contributed by atoms with Gasteiger partial charge in [-0.25, -0.2) is 4.79 Å². The first-order valence-corrected chi connectivity index (χ1v) is 10.6. The van der Waals surface area contributed by atoms with Gasteiger partial charge in [0.2, 0.25) is 5.75 Å². The third kappa shape index (κ3) is 6.16. The van der Waals surface area contributed by atoms with Crippen molar-refractivity contribution in [2.45, 2.75) is 19.5 Å². The Morgan fingerprint density at radius 3 is 2.06 bits per heavy atom. The Morgan fingerprint density at radius 1 is 0.882 bits per heavy atom. The van der Waals surface area contributed by atoms with Crippen LogP contribution in [0.15, 0.2) is 54.9 Å². The minimum atomic E-state index is -0.331. The Balaban J connectivity index is 1.51. The number of methoxy groups -OCH3 is 3. The molecule has 2 aromatic carbocycles. The van der Waals surface area contributed by atoms with Crippen LogP contribution in [-0.2, 0) is 19.5 Å². The van der Waals surface area contributed by atoms with Crippen LogP contribution in [0, 0.1) is 0 Å². The molecule has 9 heteroatoms. The van der Waals surface area contributed by atoms with Gasteiger partial charge in [-0.15, -0.1) is 0 Å². The smallest absolute Gasteiger partial charge is 0.315 e. The lowest BCUT2D eigenvalue weighted by Crippen LogP contribution is -2.34. The molecular formula is C25H28N4O5. The molecule has 0 atom stereocenters. The number of ether oxygens (including phenoxy) is 3. The Kier molecular flexibility index (Phi) is 8.28. The molecule has 0 aliphatic rings. The molecule has 0 radical (unpaired) electrons. The van der Waals surface area contributed by atoms with Gasteiger partial charge in [0.25, 0.3) is 0 Å². The molecule has 9 nitrogen and oxygen atoms in total. The molecule has 0 saturated heterocycles. The average molecular weight is 465 g/mol. The van der Waals surface area contributed by atoms with Crippen molar-refractivity contribution in [3.05, 3.63) is 77.1 Å². The van der Waals surface area contributed by atoms with Gasteiger partial charge in [0.05, 0.1) is 33.2 Å². The highest BCUT2D eigenvalue weighted by molar-refractivity contribution is 5.98. The largest absolute Gasteiger partial charge is 0.493 e. The lowest BCUT2D eigenvalue weighted by Gasteiger charge is -2.14. The quantitative estimate of drug-likeness (QED) is 0.394. The number of amides is 2. The van der Waals surface area contributed by atoms with Gasteiger partial charge in [-0.2, -0.15) is 0 Å². The first-order chi connectivity index (χ1) is 16.4. The maximum absolute atomic E-state index is 12.5. The molecule has 4 N–H and O–H groups in total. The van der Waals surface area contributed by atoms with E-state index in [1.165, 1.54) is 27.5 Å². The second-order valence-electron chi connectivity index (χ2n) is 7.44. The van der Waals surface area contributed by atoms with Crippen molar-refractivity contribution in [1.82, 2.24) is 15.6 Å². The Labute approximate surface area is 198 Å². The Morgan fingerprint density at radius 2 is 1.50 bits per heavy atom. The van der Waals surface area contributed by atoms with Crippen LogP contribution in [0.25, 0.3) is 0 Å². The highest BCUT2D eigenvalue weighted by atomic mass is 16.5. The van der Waals surface area contributed by atoms with Gasteiger partial charge in [-0.1, -0.05) is 24.3 Å². The summed E-state index contributed by atoms with van der Waals surface area (Å²) >= 11 is 0. The summed E-state index contributed by atoms with van der Waals surface area (Å²) < 4.78 is 16.0. The number of nitrogens with zero attached hydrogens (tertiary/aromatic N) is 1. The maximum atomic E-state index is 12.5. The van der Waals surface area contributed by atoms with E-state index < -0.39 is 0 Å². The lowest BCUT2D eigenvalue weighted by atomic mass is 10.0. The number of carbonyl (C=O) groups excluding carboxylic acids is 2. The predicted octanol–water partition coefficient (Wildman–Crippen LogP) is 3.11. The van der Waals surface area contributed by atoms with Crippen LogP contribution < -0.4 is 30.6 Å². The van der Waals surface area contributed by atoms with E-state index in [9.17, 15) is 9.59 Å². The molecule has 3 rings (SSSR count). The van der Waals surface area contributed by atoms with E-state index in [4.69, 9.17) is 19.9 Å². The zero-order valence-corrected chi connectivity index (χ0v) is 19.4. The number of hydrogen-bond donors (Lipinski definition) is 3. The monoisotopic (exact) mass is 464 g/mol. The third-order valence-electron chi connectivity index (χ3n) is 5.20. The van der Waals surface area contributed by atoms with Gasteiger partial charge in [0.1, 0.15) is 0 Å². The number of nitrogens with one attached hydrogen (secondary N) is 2. The first kappa shape index (κ1) is 24.4. The molecule has 0 unspecified atom stereocenters. The third-order valence-corrected chi connectivity index (χ3v) is 5.20. The summed E-state index contributed by atoms with van der Waals surface area (Å²) in [6, 6.07) is 12.1. The van der Waals surface area contributed by atoms with Crippen molar-refractivity contribution in [1.29, 1.82) is 0 Å². The molecule has 0 bridgehead atoms. The van der Waals surface area contributed by atoms with Crippen LogP contribution in [0.5, 0.6) is 17.2 Å². The van der Waals surface area contributed by atoms with Gasteiger partial charge >= 0.3 is 6.03 Å². The number of rotatable bonds is 10. The van der Waals surface area contributed by atoms with Crippen LogP contribution in [0.4, 0.5) is 10.5 Å². The molecule has 0 aliphatic heterocycles. The highest BCUT2D eigenvalue weighted by Gasteiger charge is 2.14. The summed E-state index contributed by atoms with van der Waals surface area (Å²) in [6.45, 7) is 0.584. The molecule has 0 fully saturated rings. The first-order valence-electron chi connectivity index (χ1n) is 10.6. The number of Topliss-reactive ketones (excluding diaryl/α,β-unsaturated/α-hetero) is 1.